The number of hydrogen-bond donors (Lipinski definition) is 2. The van der Waals surface area contributed by atoms with E-state index in [9.17, 15) is 9.90 Å². The van der Waals surface area contributed by atoms with Gasteiger partial charge in [-0.15, -0.1) is 0 Å². The molecule has 0 bridgehead atoms. The van der Waals surface area contributed by atoms with Gasteiger partial charge in [0.2, 0.25) is 0 Å². The quantitative estimate of drug-likeness (QED) is 0.712. The normalized spacial score (nSPS) is 10.4. The van der Waals surface area contributed by atoms with E-state index in [1.54, 1.807) is 0 Å². The van der Waals surface area contributed by atoms with Crippen molar-refractivity contribution in [3.8, 4) is 5.75 Å². The maximum Gasteiger partial charge on any atom is 0.358 e. The molecule has 1 aromatic heterocycles. The van der Waals surface area contributed by atoms with Gasteiger partial charge in [-0.3, -0.25) is 0 Å². The summed E-state index contributed by atoms with van der Waals surface area (Å²) < 4.78 is 0. The second-order valence-corrected chi connectivity index (χ2v) is 2.92. The van der Waals surface area contributed by atoms with E-state index in [4.69, 9.17) is 5.11 Å². The Labute approximate surface area is 75.1 Å². The van der Waals surface area contributed by atoms with Crippen LogP contribution in [0.25, 0.3) is 0 Å². The predicted molar refractivity (Wildman–Crippen MR) is 44.7 cm³/mol. The van der Waals surface area contributed by atoms with Crippen molar-refractivity contribution in [2.45, 2.75) is 19.8 Å². The van der Waals surface area contributed by atoms with Crippen molar-refractivity contribution >= 4 is 5.97 Å². The van der Waals surface area contributed by atoms with Gasteiger partial charge in [0.25, 0.3) is 0 Å². The number of carbonyl (C=O) groups is 1. The Kier molecular flexibility index (Phi) is 2.46. The fourth-order valence-corrected chi connectivity index (χ4v) is 0.971. The topological polar surface area (TPSA) is 83.3 Å². The Balaban J connectivity index is 3.26. The minimum absolute atomic E-state index is 0.0268. The highest BCUT2D eigenvalue weighted by Gasteiger charge is 2.17. The van der Waals surface area contributed by atoms with Crippen molar-refractivity contribution in [3.63, 3.8) is 0 Å². The zero-order chi connectivity index (χ0) is 10.0. The Morgan fingerprint density at radius 3 is 2.54 bits per heavy atom. The summed E-state index contributed by atoms with van der Waals surface area (Å²) in [5.74, 6) is -1.62. The number of aromatic carboxylic acids is 1. The van der Waals surface area contributed by atoms with Crippen molar-refractivity contribution in [2.75, 3.05) is 0 Å². The van der Waals surface area contributed by atoms with Crippen molar-refractivity contribution in [3.05, 3.63) is 17.7 Å². The van der Waals surface area contributed by atoms with Crippen molar-refractivity contribution in [1.82, 2.24) is 9.97 Å². The first kappa shape index (κ1) is 9.44. The number of carboxylic acid groups (broad SMARTS) is 1. The van der Waals surface area contributed by atoms with Crippen LogP contribution in [0, 0.1) is 0 Å². The number of hydrogen-bond acceptors (Lipinski definition) is 4. The molecular formula is C8H10N2O3. The fourth-order valence-electron chi connectivity index (χ4n) is 0.971. The molecule has 0 atom stereocenters. The average Bonchev–Trinajstić information content (AvgIpc) is 2.03. The highest BCUT2D eigenvalue weighted by molar-refractivity contribution is 5.88. The third-order valence-electron chi connectivity index (χ3n) is 1.60. The van der Waals surface area contributed by atoms with Gasteiger partial charge in [-0.05, 0) is 5.92 Å². The van der Waals surface area contributed by atoms with Crippen LogP contribution in [0.4, 0.5) is 0 Å². The smallest absolute Gasteiger partial charge is 0.358 e. The van der Waals surface area contributed by atoms with Gasteiger partial charge in [0.15, 0.2) is 11.4 Å². The van der Waals surface area contributed by atoms with Gasteiger partial charge in [0.1, 0.15) is 6.33 Å². The molecule has 1 heterocycles. The number of aromatic nitrogens is 2. The Morgan fingerprint density at radius 1 is 1.46 bits per heavy atom. The third kappa shape index (κ3) is 1.74. The van der Waals surface area contributed by atoms with Crippen molar-refractivity contribution in [1.29, 1.82) is 0 Å². The lowest BCUT2D eigenvalue weighted by Crippen LogP contribution is -2.05. The lowest BCUT2D eigenvalue weighted by Gasteiger charge is -2.07. The van der Waals surface area contributed by atoms with E-state index in [1.165, 1.54) is 0 Å². The van der Waals surface area contributed by atoms with E-state index in [0.717, 1.165) is 6.33 Å². The number of carboxylic acids is 1. The van der Waals surface area contributed by atoms with E-state index in [0.29, 0.717) is 5.69 Å². The van der Waals surface area contributed by atoms with Crippen molar-refractivity contribution < 1.29 is 15.0 Å². The first-order valence-electron chi connectivity index (χ1n) is 3.81. The number of nitrogens with zero attached hydrogens (tertiary/aromatic N) is 2. The van der Waals surface area contributed by atoms with Gasteiger partial charge in [-0.1, -0.05) is 13.8 Å². The first-order chi connectivity index (χ1) is 6.04. The molecule has 13 heavy (non-hydrogen) atoms. The summed E-state index contributed by atoms with van der Waals surface area (Å²) in [6, 6.07) is 0. The Hall–Kier alpha value is -1.65. The van der Waals surface area contributed by atoms with E-state index in [1.807, 2.05) is 13.8 Å². The summed E-state index contributed by atoms with van der Waals surface area (Å²) >= 11 is 0. The van der Waals surface area contributed by atoms with E-state index in [-0.39, 0.29) is 17.4 Å². The minimum Gasteiger partial charge on any atom is -0.504 e. The van der Waals surface area contributed by atoms with Gasteiger partial charge < -0.3 is 10.2 Å². The van der Waals surface area contributed by atoms with Gasteiger partial charge in [0.05, 0.1) is 5.69 Å². The molecule has 2 N–H and O–H groups in total. The molecule has 0 aliphatic rings. The van der Waals surface area contributed by atoms with Crippen LogP contribution in [-0.2, 0) is 0 Å². The van der Waals surface area contributed by atoms with Gasteiger partial charge in [0, 0.05) is 0 Å². The Bertz CT molecular complexity index is 336. The monoisotopic (exact) mass is 182 g/mol. The van der Waals surface area contributed by atoms with Crippen LogP contribution in [-0.4, -0.2) is 26.2 Å². The van der Waals surface area contributed by atoms with Gasteiger partial charge in [-0.25, -0.2) is 14.8 Å². The van der Waals surface area contributed by atoms with Crippen LogP contribution in [0.1, 0.15) is 35.9 Å². The van der Waals surface area contributed by atoms with E-state index >= 15 is 0 Å². The molecule has 70 valence electrons. The number of rotatable bonds is 2. The minimum atomic E-state index is -1.25. The maximum atomic E-state index is 10.5. The van der Waals surface area contributed by atoms with Crippen LogP contribution < -0.4 is 0 Å². The van der Waals surface area contributed by atoms with E-state index < -0.39 is 5.97 Å². The second-order valence-electron chi connectivity index (χ2n) is 2.92. The SMILES string of the molecule is CC(C)c1ncnc(C(=O)O)c1O. The van der Waals surface area contributed by atoms with Crippen LogP contribution in [0.15, 0.2) is 6.33 Å². The third-order valence-corrected chi connectivity index (χ3v) is 1.60. The molecule has 0 aromatic carbocycles. The van der Waals surface area contributed by atoms with E-state index in [2.05, 4.69) is 9.97 Å². The maximum absolute atomic E-state index is 10.5. The summed E-state index contributed by atoms with van der Waals surface area (Å²) in [4.78, 5) is 17.8. The fraction of sp³-hybridized carbons (Fsp3) is 0.375. The van der Waals surface area contributed by atoms with Crippen LogP contribution in [0.3, 0.4) is 0 Å². The molecular weight excluding hydrogens is 172 g/mol. The number of aromatic hydroxyl groups is 1. The summed E-state index contributed by atoms with van der Waals surface area (Å²) in [5.41, 5.74) is 0.00565. The van der Waals surface area contributed by atoms with Crippen LogP contribution in [0.5, 0.6) is 5.75 Å². The zero-order valence-corrected chi connectivity index (χ0v) is 7.35. The molecule has 5 heteroatoms. The molecule has 0 aliphatic carbocycles. The molecule has 0 fully saturated rings. The lowest BCUT2D eigenvalue weighted by atomic mass is 10.1. The molecule has 5 nitrogen and oxygen atoms in total. The molecule has 1 aromatic rings. The van der Waals surface area contributed by atoms with Crippen LogP contribution in [0.2, 0.25) is 0 Å². The highest BCUT2D eigenvalue weighted by atomic mass is 16.4. The molecule has 0 saturated heterocycles. The predicted octanol–water partition coefficient (Wildman–Crippen LogP) is 1.00. The second kappa shape index (κ2) is 3.38. The van der Waals surface area contributed by atoms with Gasteiger partial charge >= 0.3 is 5.97 Å². The summed E-state index contributed by atoms with van der Waals surface area (Å²) in [6.45, 7) is 3.63. The molecule has 0 spiro atoms. The molecule has 0 unspecified atom stereocenters. The standard InChI is InChI=1S/C8H10N2O3/c1-4(2)5-7(11)6(8(12)13)10-3-9-5/h3-4,11H,1-2H3,(H,12,13). The lowest BCUT2D eigenvalue weighted by molar-refractivity contribution is 0.0686. The van der Waals surface area contributed by atoms with Gasteiger partial charge in [-0.2, -0.15) is 0 Å². The van der Waals surface area contributed by atoms with Crippen LogP contribution >= 0.6 is 0 Å². The summed E-state index contributed by atoms with van der Waals surface area (Å²) in [7, 11) is 0. The molecule has 0 aliphatic heterocycles. The molecule has 0 saturated carbocycles. The molecule has 1 rings (SSSR count). The summed E-state index contributed by atoms with van der Waals surface area (Å²) in [5, 5.41) is 18.0. The van der Waals surface area contributed by atoms with Crippen molar-refractivity contribution in [2.24, 2.45) is 0 Å². The summed E-state index contributed by atoms with van der Waals surface area (Å²) in [6.07, 6.45) is 1.14. The molecule has 0 amide bonds. The largest absolute Gasteiger partial charge is 0.504 e. The molecule has 0 radical (unpaired) electrons. The first-order valence-corrected chi connectivity index (χ1v) is 3.81. The highest BCUT2D eigenvalue weighted by Crippen LogP contribution is 2.24. The average molecular weight is 182 g/mol. The Morgan fingerprint density at radius 2 is 2.08 bits per heavy atom. The zero-order valence-electron chi connectivity index (χ0n) is 7.35.